The van der Waals surface area contributed by atoms with Crippen LogP contribution in [0.3, 0.4) is 0 Å². The number of nitrogens with zero attached hydrogens (tertiary/aromatic N) is 4. The molecule has 0 aliphatic carbocycles. The highest BCUT2D eigenvalue weighted by atomic mass is 35.5. The van der Waals surface area contributed by atoms with Crippen LogP contribution in [0, 0.1) is 0 Å². The third kappa shape index (κ3) is 3.63. The van der Waals surface area contributed by atoms with Crippen LogP contribution in [0.25, 0.3) is 27.6 Å². The van der Waals surface area contributed by atoms with Crippen molar-refractivity contribution in [3.05, 3.63) is 97.5 Å². The molecule has 0 fully saturated rings. The number of halogens is 2. The summed E-state index contributed by atoms with van der Waals surface area (Å²) in [4.78, 5) is 42.2. The van der Waals surface area contributed by atoms with Crippen molar-refractivity contribution in [2.75, 3.05) is 5.32 Å². The largest absolute Gasteiger partial charge is 0.360 e. The van der Waals surface area contributed by atoms with E-state index in [-0.39, 0.29) is 21.8 Å². The molecule has 5 aromatic rings. The van der Waals surface area contributed by atoms with Gasteiger partial charge < -0.3 is 10.3 Å². The van der Waals surface area contributed by atoms with Gasteiger partial charge in [-0.25, -0.2) is 15.0 Å². The van der Waals surface area contributed by atoms with Crippen molar-refractivity contribution in [3.8, 4) is 5.69 Å². The quantitative estimate of drug-likeness (QED) is 0.393. The fraction of sp³-hybridized carbons (Fsp3) is 0.0870. The molecule has 0 radical (unpaired) electrons. The SMILES string of the molecule is CC(Nc1ncnc2[nH]cc(Cl)c(=O)c12)c1nc2cccc(Cl)c2c(=O)n1-c1ccccc1. The van der Waals surface area contributed by atoms with Crippen LogP contribution in [-0.4, -0.2) is 24.5 Å². The highest BCUT2D eigenvalue weighted by Crippen LogP contribution is 2.25. The first-order chi connectivity index (χ1) is 16.0. The second kappa shape index (κ2) is 8.31. The number of aromatic amines is 1. The maximum Gasteiger partial charge on any atom is 0.267 e. The maximum absolute atomic E-state index is 13.6. The predicted molar refractivity (Wildman–Crippen MR) is 130 cm³/mol. The third-order valence-electron chi connectivity index (χ3n) is 5.25. The van der Waals surface area contributed by atoms with Crippen molar-refractivity contribution in [2.45, 2.75) is 13.0 Å². The van der Waals surface area contributed by atoms with E-state index in [1.54, 1.807) is 18.2 Å². The number of benzene rings is 2. The summed E-state index contributed by atoms with van der Waals surface area (Å²) in [6.07, 6.45) is 2.72. The first-order valence-electron chi connectivity index (χ1n) is 10.0. The predicted octanol–water partition coefficient (Wildman–Crippen LogP) is 4.50. The first kappa shape index (κ1) is 21.1. The van der Waals surface area contributed by atoms with Gasteiger partial charge in [0.25, 0.3) is 5.56 Å². The van der Waals surface area contributed by atoms with Crippen LogP contribution in [0.4, 0.5) is 5.82 Å². The Bertz CT molecular complexity index is 1630. The number of fused-ring (bicyclic) bond motifs is 2. The summed E-state index contributed by atoms with van der Waals surface area (Å²) in [6.45, 7) is 1.82. The Kier molecular flexibility index (Phi) is 5.32. The number of rotatable bonds is 4. The van der Waals surface area contributed by atoms with Crippen molar-refractivity contribution < 1.29 is 0 Å². The molecular weight excluding hydrogens is 463 g/mol. The van der Waals surface area contributed by atoms with E-state index in [0.717, 1.165) is 0 Å². The highest BCUT2D eigenvalue weighted by molar-refractivity contribution is 6.35. The van der Waals surface area contributed by atoms with E-state index >= 15 is 0 Å². The zero-order valence-corrected chi connectivity index (χ0v) is 18.7. The van der Waals surface area contributed by atoms with Crippen LogP contribution in [0.2, 0.25) is 10.0 Å². The van der Waals surface area contributed by atoms with Gasteiger partial charge in [-0.2, -0.15) is 0 Å². The van der Waals surface area contributed by atoms with Crippen molar-refractivity contribution >= 4 is 51.0 Å². The molecule has 0 bridgehead atoms. The molecule has 0 saturated heterocycles. The molecule has 0 aliphatic heterocycles. The van der Waals surface area contributed by atoms with Crippen molar-refractivity contribution in [2.24, 2.45) is 0 Å². The second-order valence-electron chi connectivity index (χ2n) is 7.36. The Labute approximate surface area is 196 Å². The fourth-order valence-electron chi connectivity index (χ4n) is 3.73. The number of aromatic nitrogens is 5. The number of hydrogen-bond donors (Lipinski definition) is 2. The molecule has 1 unspecified atom stereocenters. The molecule has 0 aliphatic rings. The van der Waals surface area contributed by atoms with E-state index in [1.165, 1.54) is 17.1 Å². The van der Waals surface area contributed by atoms with Gasteiger partial charge in [-0.05, 0) is 31.2 Å². The lowest BCUT2D eigenvalue weighted by Crippen LogP contribution is -2.27. The Morgan fingerprint density at radius 2 is 1.76 bits per heavy atom. The monoisotopic (exact) mass is 478 g/mol. The molecule has 164 valence electrons. The topological polar surface area (TPSA) is 106 Å². The lowest BCUT2D eigenvalue weighted by Gasteiger charge is -2.20. The van der Waals surface area contributed by atoms with Gasteiger partial charge in [0.2, 0.25) is 5.43 Å². The lowest BCUT2D eigenvalue weighted by molar-refractivity contribution is 0.732. The Morgan fingerprint density at radius 1 is 0.970 bits per heavy atom. The van der Waals surface area contributed by atoms with E-state index < -0.39 is 11.5 Å². The van der Waals surface area contributed by atoms with Gasteiger partial charge in [0.15, 0.2) is 0 Å². The molecule has 3 aromatic heterocycles. The average molecular weight is 479 g/mol. The smallest absolute Gasteiger partial charge is 0.267 e. The maximum atomic E-state index is 13.6. The van der Waals surface area contributed by atoms with Crippen LogP contribution in [0.1, 0.15) is 18.8 Å². The van der Waals surface area contributed by atoms with Crippen molar-refractivity contribution in [1.29, 1.82) is 0 Å². The number of H-pyrrole nitrogens is 1. The Morgan fingerprint density at radius 3 is 2.55 bits per heavy atom. The van der Waals surface area contributed by atoms with Crippen LogP contribution >= 0.6 is 23.2 Å². The molecule has 1 atom stereocenters. The van der Waals surface area contributed by atoms with E-state index in [2.05, 4.69) is 20.3 Å². The summed E-state index contributed by atoms with van der Waals surface area (Å²) in [6, 6.07) is 13.8. The number of nitrogens with one attached hydrogen (secondary N) is 2. The van der Waals surface area contributed by atoms with Crippen molar-refractivity contribution in [3.63, 3.8) is 0 Å². The van der Waals surface area contributed by atoms with Crippen molar-refractivity contribution in [1.82, 2.24) is 24.5 Å². The van der Waals surface area contributed by atoms with Crippen LogP contribution < -0.4 is 16.3 Å². The zero-order chi connectivity index (χ0) is 23.1. The van der Waals surface area contributed by atoms with E-state index in [0.29, 0.717) is 33.1 Å². The summed E-state index contributed by atoms with van der Waals surface area (Å²) in [7, 11) is 0. The number of anilines is 1. The molecule has 2 aromatic carbocycles. The van der Waals surface area contributed by atoms with E-state index in [9.17, 15) is 9.59 Å². The molecule has 0 saturated carbocycles. The summed E-state index contributed by atoms with van der Waals surface area (Å²) in [5, 5.41) is 4.09. The Balaban J connectivity index is 1.72. The minimum Gasteiger partial charge on any atom is -0.360 e. The van der Waals surface area contributed by atoms with Gasteiger partial charge in [0.05, 0.1) is 27.7 Å². The molecule has 3 heterocycles. The van der Waals surface area contributed by atoms with Gasteiger partial charge in [0, 0.05) is 6.20 Å². The molecule has 0 amide bonds. The van der Waals surface area contributed by atoms with Gasteiger partial charge in [-0.1, -0.05) is 47.5 Å². The molecule has 8 nitrogen and oxygen atoms in total. The van der Waals surface area contributed by atoms with Crippen LogP contribution in [0.15, 0.2) is 70.6 Å². The highest BCUT2D eigenvalue weighted by Gasteiger charge is 2.21. The van der Waals surface area contributed by atoms with E-state index in [1.807, 2.05) is 37.3 Å². The fourth-order valence-corrected chi connectivity index (χ4v) is 4.13. The normalized spacial score (nSPS) is 12.2. The lowest BCUT2D eigenvalue weighted by atomic mass is 10.2. The minimum atomic E-state index is -0.530. The zero-order valence-electron chi connectivity index (χ0n) is 17.2. The molecule has 0 spiro atoms. The number of pyridine rings is 1. The van der Waals surface area contributed by atoms with Gasteiger partial charge in [-0.15, -0.1) is 0 Å². The van der Waals surface area contributed by atoms with E-state index in [4.69, 9.17) is 28.2 Å². The molecule has 2 N–H and O–H groups in total. The summed E-state index contributed by atoms with van der Waals surface area (Å²) in [5.74, 6) is 0.697. The summed E-state index contributed by atoms with van der Waals surface area (Å²) >= 11 is 12.4. The number of hydrogen-bond acceptors (Lipinski definition) is 6. The minimum absolute atomic E-state index is 0.0210. The number of para-hydroxylation sites is 1. The van der Waals surface area contributed by atoms with Gasteiger partial charge >= 0.3 is 0 Å². The van der Waals surface area contributed by atoms with Crippen LogP contribution in [0.5, 0.6) is 0 Å². The molecular formula is C23H16Cl2N6O2. The second-order valence-corrected chi connectivity index (χ2v) is 8.17. The third-order valence-corrected chi connectivity index (χ3v) is 5.85. The summed E-state index contributed by atoms with van der Waals surface area (Å²) in [5.41, 5.74) is 0.742. The Hall–Kier alpha value is -3.75. The van der Waals surface area contributed by atoms with Crippen LogP contribution in [-0.2, 0) is 0 Å². The van der Waals surface area contributed by atoms with Gasteiger partial charge in [-0.3, -0.25) is 14.2 Å². The average Bonchev–Trinajstić information content (AvgIpc) is 2.82. The molecule has 10 heteroatoms. The summed E-state index contributed by atoms with van der Waals surface area (Å²) < 4.78 is 1.51. The molecule has 33 heavy (non-hydrogen) atoms. The first-order valence-corrected chi connectivity index (χ1v) is 10.8. The molecule has 5 rings (SSSR count). The van der Waals surface area contributed by atoms with Gasteiger partial charge in [0.1, 0.15) is 34.0 Å². The standard InChI is InChI=1S/C23H16Cl2N6O2/c1-12(29-21-18-19(32)15(25)10-26-20(18)27-11-28-21)22-30-16-9-5-8-14(24)17(16)23(33)31(22)13-6-3-2-4-7-13/h2-12H,1H3,(H2,26,27,28,29,32).